The van der Waals surface area contributed by atoms with Crippen LogP contribution in [0.2, 0.25) is 5.02 Å². The summed E-state index contributed by atoms with van der Waals surface area (Å²) < 4.78 is 40.2. The van der Waals surface area contributed by atoms with Gasteiger partial charge < -0.3 is 15.0 Å². The van der Waals surface area contributed by atoms with Crippen molar-refractivity contribution in [2.75, 3.05) is 6.54 Å². The number of aromatic amines is 1. The molecule has 6 nitrogen and oxygen atoms in total. The Morgan fingerprint density at radius 3 is 2.48 bits per heavy atom. The van der Waals surface area contributed by atoms with E-state index in [1.165, 1.54) is 29.2 Å². The molecule has 1 atom stereocenters. The number of amides is 1. The van der Waals surface area contributed by atoms with Crippen molar-refractivity contribution in [2.24, 2.45) is 0 Å². The Balaban J connectivity index is 1.24. The molecule has 1 saturated carbocycles. The van der Waals surface area contributed by atoms with Crippen LogP contribution in [0.25, 0.3) is 11.1 Å². The van der Waals surface area contributed by atoms with E-state index in [-0.39, 0.29) is 28.6 Å². The van der Waals surface area contributed by atoms with Crippen LogP contribution < -0.4 is 5.56 Å². The van der Waals surface area contributed by atoms with Crippen LogP contribution in [-0.4, -0.2) is 32.4 Å². The van der Waals surface area contributed by atoms with E-state index in [4.69, 9.17) is 16.6 Å². The van der Waals surface area contributed by atoms with Crippen molar-refractivity contribution < 1.29 is 23.1 Å². The number of aryl methyl sites for hydroxylation is 1. The number of hydrogen-bond acceptors (Lipinski definition) is 4. The Labute approximate surface area is 244 Å². The van der Waals surface area contributed by atoms with E-state index in [0.29, 0.717) is 42.0 Å². The van der Waals surface area contributed by atoms with Crippen molar-refractivity contribution in [3.63, 3.8) is 0 Å². The monoisotopic (exact) mass is 593 g/mol. The average Bonchev–Trinajstić information content (AvgIpc) is 3.81. The molecule has 2 N–H and O–H groups in total. The molecular formula is C32H27ClF3N3O3. The van der Waals surface area contributed by atoms with Crippen LogP contribution in [-0.2, 0) is 29.4 Å². The number of rotatable bonds is 5. The molecule has 216 valence electrons. The number of aliphatic hydroxyl groups is 1. The third-order valence-electron chi connectivity index (χ3n) is 8.17. The molecule has 0 unspecified atom stereocenters. The number of hydrogen-bond donors (Lipinski definition) is 2. The van der Waals surface area contributed by atoms with Gasteiger partial charge in [0.05, 0.1) is 33.8 Å². The predicted molar refractivity (Wildman–Crippen MR) is 152 cm³/mol. The first-order chi connectivity index (χ1) is 20.1. The summed E-state index contributed by atoms with van der Waals surface area (Å²) in [6, 6.07) is 19.7. The molecule has 10 heteroatoms. The smallest absolute Gasteiger partial charge is 0.378 e. The molecule has 1 aliphatic heterocycles. The summed E-state index contributed by atoms with van der Waals surface area (Å²) in [7, 11) is 0. The summed E-state index contributed by atoms with van der Waals surface area (Å²) in [4.78, 5) is 36.0. The number of aliphatic hydroxyl groups excluding tert-OH is 1. The summed E-state index contributed by atoms with van der Waals surface area (Å²) in [5.41, 5.74) is 1.47. The van der Waals surface area contributed by atoms with Gasteiger partial charge in [0.2, 0.25) is 0 Å². The van der Waals surface area contributed by atoms with Crippen molar-refractivity contribution in [1.29, 1.82) is 0 Å². The van der Waals surface area contributed by atoms with Crippen molar-refractivity contribution in [1.82, 2.24) is 14.9 Å². The van der Waals surface area contributed by atoms with Crippen molar-refractivity contribution in [3.05, 3.63) is 122 Å². The van der Waals surface area contributed by atoms with Gasteiger partial charge in [-0.1, -0.05) is 66.2 Å². The molecule has 6 rings (SSSR count). The van der Waals surface area contributed by atoms with Crippen LogP contribution in [0.5, 0.6) is 0 Å². The fourth-order valence-electron chi connectivity index (χ4n) is 5.71. The Hall–Kier alpha value is -3.95. The first-order valence-electron chi connectivity index (χ1n) is 13.7. The maximum Gasteiger partial charge on any atom is 0.417 e. The molecular weight excluding hydrogens is 567 g/mol. The molecule has 42 heavy (non-hydrogen) atoms. The average molecular weight is 594 g/mol. The summed E-state index contributed by atoms with van der Waals surface area (Å²) in [6.45, 7) is 0.314. The fraction of sp³-hybridized carbons (Fsp3) is 0.281. The number of halogens is 4. The number of aromatic nitrogens is 2. The Kier molecular flexibility index (Phi) is 7.19. The molecule has 2 aliphatic rings. The van der Waals surface area contributed by atoms with Crippen LogP contribution in [0.1, 0.15) is 59.1 Å². The standard InChI is InChI=1S/C32H27ClF3N3O3/c33-25-12-11-20(17-24(25)32(34,35)36)19-6-4-7-21(16-19)27(40)29(42)39-15-5-10-26-23(18-39)28(41)38-30(37-26)31(13-14-31)22-8-2-1-3-9-22/h1-4,6-9,11-12,16-17,27,40H,5,10,13-15,18H2,(H,37,38,41)/t27-/m1/s1. The molecule has 2 heterocycles. The minimum absolute atomic E-state index is 0.00199. The summed E-state index contributed by atoms with van der Waals surface area (Å²) in [5, 5.41) is 10.6. The lowest BCUT2D eigenvalue weighted by Crippen LogP contribution is -2.36. The topological polar surface area (TPSA) is 86.3 Å². The summed E-state index contributed by atoms with van der Waals surface area (Å²) in [5.74, 6) is 0.0449. The number of alkyl halides is 3. The van der Waals surface area contributed by atoms with Gasteiger partial charge in [-0.2, -0.15) is 13.2 Å². The van der Waals surface area contributed by atoms with Gasteiger partial charge in [-0.05, 0) is 66.1 Å². The third-order valence-corrected chi connectivity index (χ3v) is 8.50. The van der Waals surface area contributed by atoms with E-state index in [1.807, 2.05) is 30.3 Å². The molecule has 1 amide bonds. The minimum atomic E-state index is -4.63. The highest BCUT2D eigenvalue weighted by atomic mass is 35.5. The predicted octanol–water partition coefficient (Wildman–Crippen LogP) is 6.20. The van der Waals surface area contributed by atoms with E-state index in [9.17, 15) is 27.9 Å². The van der Waals surface area contributed by atoms with E-state index in [0.717, 1.165) is 24.5 Å². The molecule has 1 aliphatic carbocycles. The van der Waals surface area contributed by atoms with Crippen LogP contribution in [0.3, 0.4) is 0 Å². The lowest BCUT2D eigenvalue weighted by Gasteiger charge is -2.24. The Morgan fingerprint density at radius 1 is 1.02 bits per heavy atom. The van der Waals surface area contributed by atoms with Crippen molar-refractivity contribution in [2.45, 2.75) is 49.9 Å². The fourth-order valence-corrected chi connectivity index (χ4v) is 5.93. The zero-order valence-corrected chi connectivity index (χ0v) is 23.2. The van der Waals surface area contributed by atoms with Gasteiger partial charge in [0.15, 0.2) is 6.10 Å². The number of nitrogens with zero attached hydrogens (tertiary/aromatic N) is 2. The van der Waals surface area contributed by atoms with Gasteiger partial charge in [-0.15, -0.1) is 0 Å². The largest absolute Gasteiger partial charge is 0.417 e. The maximum atomic E-state index is 13.4. The molecule has 0 bridgehead atoms. The quantitative estimate of drug-likeness (QED) is 0.289. The lowest BCUT2D eigenvalue weighted by molar-refractivity contribution is -0.141. The molecule has 0 radical (unpaired) electrons. The lowest BCUT2D eigenvalue weighted by atomic mass is 9.94. The van der Waals surface area contributed by atoms with Gasteiger partial charge in [0.1, 0.15) is 5.82 Å². The number of carbonyl (C=O) groups excluding carboxylic acids is 1. The van der Waals surface area contributed by atoms with Crippen LogP contribution in [0.4, 0.5) is 13.2 Å². The number of H-pyrrole nitrogens is 1. The Bertz CT molecular complexity index is 1720. The number of benzene rings is 3. The summed E-state index contributed by atoms with van der Waals surface area (Å²) in [6.07, 6.45) is -3.34. The third kappa shape index (κ3) is 5.23. The second-order valence-electron chi connectivity index (χ2n) is 10.9. The molecule has 1 fully saturated rings. The number of fused-ring (bicyclic) bond motifs is 1. The van der Waals surface area contributed by atoms with Crippen LogP contribution in [0.15, 0.2) is 77.6 Å². The van der Waals surface area contributed by atoms with E-state index >= 15 is 0 Å². The number of nitrogens with one attached hydrogen (secondary N) is 1. The summed E-state index contributed by atoms with van der Waals surface area (Å²) >= 11 is 5.76. The maximum absolute atomic E-state index is 13.4. The molecule has 0 spiro atoms. The van der Waals surface area contributed by atoms with Crippen LogP contribution in [0, 0.1) is 0 Å². The molecule has 3 aromatic carbocycles. The highest BCUT2D eigenvalue weighted by Gasteiger charge is 2.48. The second-order valence-corrected chi connectivity index (χ2v) is 11.3. The second kappa shape index (κ2) is 10.7. The SMILES string of the molecule is O=C([C@H](O)c1cccc(-c2ccc(Cl)c(C(F)(F)F)c2)c1)N1CCCc2nc(C3(c4ccccc4)CC3)[nH]c(=O)c2C1. The van der Waals surface area contributed by atoms with Gasteiger partial charge >= 0.3 is 6.18 Å². The normalized spacial score (nSPS) is 16.8. The molecule has 4 aromatic rings. The van der Waals surface area contributed by atoms with E-state index < -0.39 is 28.8 Å². The zero-order valence-electron chi connectivity index (χ0n) is 22.4. The first-order valence-corrected chi connectivity index (χ1v) is 14.1. The molecule has 0 saturated heterocycles. The van der Waals surface area contributed by atoms with E-state index in [2.05, 4.69) is 4.98 Å². The minimum Gasteiger partial charge on any atom is -0.378 e. The highest BCUT2D eigenvalue weighted by Crippen LogP contribution is 2.52. The first kappa shape index (κ1) is 28.2. The van der Waals surface area contributed by atoms with Gasteiger partial charge in [0.25, 0.3) is 11.5 Å². The number of carbonyl (C=O) groups is 1. The highest BCUT2D eigenvalue weighted by molar-refractivity contribution is 6.31. The van der Waals surface area contributed by atoms with E-state index in [1.54, 1.807) is 12.1 Å². The van der Waals surface area contributed by atoms with Crippen molar-refractivity contribution in [3.8, 4) is 11.1 Å². The van der Waals surface area contributed by atoms with Gasteiger partial charge in [-0.25, -0.2) is 4.98 Å². The zero-order chi connectivity index (χ0) is 29.6. The van der Waals surface area contributed by atoms with Crippen LogP contribution >= 0.6 is 11.6 Å². The Morgan fingerprint density at radius 2 is 1.76 bits per heavy atom. The van der Waals surface area contributed by atoms with Gasteiger partial charge in [0, 0.05) is 6.54 Å². The van der Waals surface area contributed by atoms with Crippen molar-refractivity contribution >= 4 is 17.5 Å². The van der Waals surface area contributed by atoms with Gasteiger partial charge in [-0.3, -0.25) is 9.59 Å². The molecule has 1 aromatic heterocycles.